The van der Waals surface area contributed by atoms with E-state index in [1.54, 1.807) is 18.3 Å². The molecule has 0 saturated heterocycles. The number of fused-ring (bicyclic) bond motifs is 1. The summed E-state index contributed by atoms with van der Waals surface area (Å²) in [6, 6.07) is 7.19. The van der Waals surface area contributed by atoms with Crippen LogP contribution in [0.5, 0.6) is 0 Å². The van der Waals surface area contributed by atoms with Gasteiger partial charge in [0.05, 0.1) is 11.6 Å². The van der Waals surface area contributed by atoms with Crippen molar-refractivity contribution in [1.82, 2.24) is 4.98 Å². The maximum absolute atomic E-state index is 9.71. The van der Waals surface area contributed by atoms with Gasteiger partial charge in [0.1, 0.15) is 0 Å². The zero-order valence-corrected chi connectivity index (χ0v) is 8.78. The Labute approximate surface area is 92.5 Å². The van der Waals surface area contributed by atoms with Crippen LogP contribution in [0.4, 0.5) is 0 Å². The van der Waals surface area contributed by atoms with E-state index < -0.39 is 6.10 Å². The van der Waals surface area contributed by atoms with Crippen molar-refractivity contribution in [1.29, 1.82) is 0 Å². The van der Waals surface area contributed by atoms with E-state index in [2.05, 4.69) is 4.98 Å². The lowest BCUT2D eigenvalue weighted by molar-refractivity contribution is 0.188. The molecule has 2 aromatic rings. The average Bonchev–Trinajstić information content (AvgIpc) is 2.29. The first-order valence-corrected chi connectivity index (χ1v) is 5.03. The number of nitrogens with zero attached hydrogens (tertiary/aromatic N) is 1. The summed E-state index contributed by atoms with van der Waals surface area (Å²) in [6.07, 6.45) is 0.977. The molecule has 0 aliphatic carbocycles. The minimum atomic E-state index is -0.695. The second-order valence-electron chi connectivity index (χ2n) is 3.29. The lowest BCUT2D eigenvalue weighted by Gasteiger charge is -2.11. The molecule has 0 aliphatic rings. The molecular formula is C11H11ClN2O. The fraction of sp³-hybridized carbons (Fsp3) is 0.182. The SMILES string of the molecule is NCC(O)c1ccc(Cl)c2cccnc12. The fourth-order valence-corrected chi connectivity index (χ4v) is 1.77. The molecule has 3 nitrogen and oxygen atoms in total. The van der Waals surface area contributed by atoms with Crippen molar-refractivity contribution in [2.75, 3.05) is 6.54 Å². The van der Waals surface area contributed by atoms with Crippen LogP contribution < -0.4 is 5.73 Å². The van der Waals surface area contributed by atoms with Crippen LogP contribution in [0.3, 0.4) is 0 Å². The number of aromatic nitrogens is 1. The Balaban J connectivity index is 2.71. The Bertz CT molecular complexity index is 487. The highest BCUT2D eigenvalue weighted by molar-refractivity contribution is 6.35. The zero-order chi connectivity index (χ0) is 10.8. The van der Waals surface area contributed by atoms with Gasteiger partial charge in [0, 0.05) is 28.7 Å². The van der Waals surface area contributed by atoms with Gasteiger partial charge in [-0.2, -0.15) is 0 Å². The summed E-state index contributed by atoms with van der Waals surface area (Å²) < 4.78 is 0. The summed E-state index contributed by atoms with van der Waals surface area (Å²) in [5, 5.41) is 11.2. The smallest absolute Gasteiger partial charge is 0.0933 e. The van der Waals surface area contributed by atoms with Gasteiger partial charge < -0.3 is 10.8 Å². The third kappa shape index (κ3) is 1.81. The molecule has 3 N–H and O–H groups in total. The summed E-state index contributed by atoms with van der Waals surface area (Å²) in [5.74, 6) is 0. The number of hydrogen-bond donors (Lipinski definition) is 2. The van der Waals surface area contributed by atoms with E-state index in [-0.39, 0.29) is 6.54 Å². The monoisotopic (exact) mass is 222 g/mol. The molecule has 1 heterocycles. The lowest BCUT2D eigenvalue weighted by atomic mass is 10.1. The molecule has 0 amide bonds. The van der Waals surface area contributed by atoms with Gasteiger partial charge in [-0.05, 0) is 18.2 Å². The van der Waals surface area contributed by atoms with Crippen molar-refractivity contribution in [3.05, 3.63) is 41.0 Å². The van der Waals surface area contributed by atoms with E-state index in [1.165, 1.54) is 0 Å². The van der Waals surface area contributed by atoms with Crippen molar-refractivity contribution in [3.8, 4) is 0 Å². The van der Waals surface area contributed by atoms with Gasteiger partial charge in [-0.25, -0.2) is 0 Å². The molecule has 0 spiro atoms. The first kappa shape index (κ1) is 10.4. The highest BCUT2D eigenvalue weighted by atomic mass is 35.5. The summed E-state index contributed by atoms with van der Waals surface area (Å²) in [6.45, 7) is 0.174. The van der Waals surface area contributed by atoms with E-state index in [9.17, 15) is 5.11 Å². The van der Waals surface area contributed by atoms with Gasteiger partial charge in [-0.3, -0.25) is 4.98 Å². The van der Waals surface area contributed by atoms with Gasteiger partial charge in [0.2, 0.25) is 0 Å². The predicted octanol–water partition coefficient (Wildman–Crippen LogP) is 1.88. The second kappa shape index (κ2) is 4.14. The zero-order valence-electron chi connectivity index (χ0n) is 8.02. The van der Waals surface area contributed by atoms with E-state index in [0.717, 1.165) is 10.9 Å². The maximum Gasteiger partial charge on any atom is 0.0933 e. The molecule has 1 aromatic carbocycles. The minimum Gasteiger partial charge on any atom is -0.387 e. The maximum atomic E-state index is 9.71. The number of aliphatic hydroxyl groups excluding tert-OH is 1. The van der Waals surface area contributed by atoms with E-state index in [1.807, 2.05) is 12.1 Å². The number of hydrogen-bond acceptors (Lipinski definition) is 3. The molecule has 1 unspecified atom stereocenters. The highest BCUT2D eigenvalue weighted by Gasteiger charge is 2.11. The van der Waals surface area contributed by atoms with Crippen LogP contribution in [-0.2, 0) is 0 Å². The first-order valence-electron chi connectivity index (χ1n) is 4.65. The largest absolute Gasteiger partial charge is 0.387 e. The highest BCUT2D eigenvalue weighted by Crippen LogP contribution is 2.27. The first-order chi connectivity index (χ1) is 7.24. The molecule has 0 radical (unpaired) electrons. The number of rotatable bonds is 2. The van der Waals surface area contributed by atoms with Gasteiger partial charge >= 0.3 is 0 Å². The van der Waals surface area contributed by atoms with Crippen molar-refractivity contribution in [2.24, 2.45) is 5.73 Å². The summed E-state index contributed by atoms with van der Waals surface area (Å²) in [7, 11) is 0. The molecular weight excluding hydrogens is 212 g/mol. The number of nitrogens with two attached hydrogens (primary N) is 1. The predicted molar refractivity (Wildman–Crippen MR) is 60.8 cm³/mol. The van der Waals surface area contributed by atoms with Crippen LogP contribution in [0, 0.1) is 0 Å². The minimum absolute atomic E-state index is 0.174. The van der Waals surface area contributed by atoms with Gasteiger partial charge in [0.25, 0.3) is 0 Å². The van der Waals surface area contributed by atoms with E-state index in [0.29, 0.717) is 10.5 Å². The Hall–Kier alpha value is -1.16. The van der Waals surface area contributed by atoms with Crippen LogP contribution in [0.1, 0.15) is 11.7 Å². The van der Waals surface area contributed by atoms with Crippen LogP contribution in [-0.4, -0.2) is 16.6 Å². The standard InChI is InChI=1S/C11H11ClN2O/c12-9-4-3-8(10(15)6-13)11-7(9)2-1-5-14-11/h1-5,10,15H,6,13H2. The molecule has 78 valence electrons. The molecule has 0 fully saturated rings. The molecule has 4 heteroatoms. The third-order valence-corrected chi connectivity index (χ3v) is 2.66. The van der Waals surface area contributed by atoms with E-state index >= 15 is 0 Å². The normalized spacial score (nSPS) is 13.0. The number of pyridine rings is 1. The third-order valence-electron chi connectivity index (χ3n) is 2.33. The van der Waals surface area contributed by atoms with Crippen molar-refractivity contribution in [2.45, 2.75) is 6.10 Å². The van der Waals surface area contributed by atoms with Crippen molar-refractivity contribution in [3.63, 3.8) is 0 Å². The Morgan fingerprint density at radius 3 is 2.93 bits per heavy atom. The summed E-state index contributed by atoms with van der Waals surface area (Å²) >= 11 is 6.02. The molecule has 0 saturated carbocycles. The van der Waals surface area contributed by atoms with Gasteiger partial charge in [-0.15, -0.1) is 0 Å². The Kier molecular flexibility index (Phi) is 2.86. The molecule has 2 rings (SSSR count). The molecule has 1 atom stereocenters. The fourth-order valence-electron chi connectivity index (χ4n) is 1.56. The van der Waals surface area contributed by atoms with Crippen LogP contribution in [0.25, 0.3) is 10.9 Å². The number of halogens is 1. The molecule has 0 bridgehead atoms. The Morgan fingerprint density at radius 1 is 1.40 bits per heavy atom. The molecule has 15 heavy (non-hydrogen) atoms. The number of benzene rings is 1. The lowest BCUT2D eigenvalue weighted by Crippen LogP contribution is -2.12. The van der Waals surface area contributed by atoms with Crippen LogP contribution in [0.2, 0.25) is 5.02 Å². The van der Waals surface area contributed by atoms with Crippen LogP contribution >= 0.6 is 11.6 Å². The quantitative estimate of drug-likeness (QED) is 0.816. The second-order valence-corrected chi connectivity index (χ2v) is 3.69. The Morgan fingerprint density at radius 2 is 2.20 bits per heavy atom. The summed E-state index contributed by atoms with van der Waals surface area (Å²) in [5.41, 5.74) is 6.85. The van der Waals surface area contributed by atoms with Gasteiger partial charge in [0.15, 0.2) is 0 Å². The van der Waals surface area contributed by atoms with E-state index in [4.69, 9.17) is 17.3 Å². The average molecular weight is 223 g/mol. The molecule has 1 aromatic heterocycles. The number of aliphatic hydroxyl groups is 1. The molecule has 0 aliphatic heterocycles. The topological polar surface area (TPSA) is 59.1 Å². The summed E-state index contributed by atoms with van der Waals surface area (Å²) in [4.78, 5) is 4.21. The van der Waals surface area contributed by atoms with Crippen molar-refractivity contribution < 1.29 is 5.11 Å². The van der Waals surface area contributed by atoms with Crippen LogP contribution in [0.15, 0.2) is 30.5 Å². The van der Waals surface area contributed by atoms with Gasteiger partial charge in [-0.1, -0.05) is 17.7 Å². The van der Waals surface area contributed by atoms with Crippen molar-refractivity contribution >= 4 is 22.5 Å².